The summed E-state index contributed by atoms with van der Waals surface area (Å²) in [6.45, 7) is 2.55. The number of benzene rings is 1. The fraction of sp³-hybridized carbons (Fsp3) is 0.364. The molecule has 0 bridgehead atoms. The van der Waals surface area contributed by atoms with Crippen LogP contribution < -0.4 is 0 Å². The molecule has 29 heavy (non-hydrogen) atoms. The van der Waals surface area contributed by atoms with Crippen molar-refractivity contribution in [1.82, 2.24) is 0 Å². The van der Waals surface area contributed by atoms with Crippen molar-refractivity contribution in [3.05, 3.63) is 51.5 Å². The zero-order valence-corrected chi connectivity index (χ0v) is 16.0. The number of ketones is 4. The van der Waals surface area contributed by atoms with E-state index in [1.807, 2.05) is 0 Å². The second-order valence-corrected chi connectivity index (χ2v) is 7.99. The molecule has 0 spiro atoms. The van der Waals surface area contributed by atoms with Crippen LogP contribution in [0.2, 0.25) is 0 Å². The van der Waals surface area contributed by atoms with E-state index in [1.54, 1.807) is 0 Å². The summed E-state index contributed by atoms with van der Waals surface area (Å²) in [6, 6.07) is 2.75. The summed E-state index contributed by atoms with van der Waals surface area (Å²) in [4.78, 5) is 49.8. The molecule has 4 rings (SSSR count). The van der Waals surface area contributed by atoms with E-state index in [0.717, 1.165) is 0 Å². The number of fused-ring (bicyclic) bond motifs is 3. The summed E-state index contributed by atoms with van der Waals surface area (Å²) >= 11 is 0. The molecule has 1 aromatic carbocycles. The highest BCUT2D eigenvalue weighted by molar-refractivity contribution is 6.22. The molecule has 0 saturated heterocycles. The van der Waals surface area contributed by atoms with Crippen molar-refractivity contribution in [2.75, 3.05) is 0 Å². The monoisotopic (exact) mass is 396 g/mol. The van der Waals surface area contributed by atoms with Crippen LogP contribution in [0.4, 0.5) is 0 Å². The smallest absolute Gasteiger partial charge is 0.196 e. The first-order chi connectivity index (χ1) is 13.6. The maximum atomic E-state index is 13.2. The number of phenolic OH excluding ortho intramolecular Hbond substituents is 1. The van der Waals surface area contributed by atoms with E-state index in [1.165, 1.54) is 26.0 Å². The molecule has 3 N–H and O–H groups in total. The molecule has 3 unspecified atom stereocenters. The third-order valence-electron chi connectivity index (χ3n) is 6.25. The van der Waals surface area contributed by atoms with Gasteiger partial charge in [-0.3, -0.25) is 19.2 Å². The predicted molar refractivity (Wildman–Crippen MR) is 101 cm³/mol. The van der Waals surface area contributed by atoms with E-state index in [2.05, 4.69) is 0 Å². The Morgan fingerprint density at radius 3 is 2.31 bits per heavy atom. The second-order valence-electron chi connectivity index (χ2n) is 7.99. The molecule has 0 heterocycles. The quantitative estimate of drug-likeness (QED) is 0.518. The molecule has 3 aliphatic rings. The van der Waals surface area contributed by atoms with Gasteiger partial charge in [0.05, 0.1) is 17.1 Å². The van der Waals surface area contributed by atoms with Gasteiger partial charge in [-0.15, -0.1) is 0 Å². The Morgan fingerprint density at radius 2 is 1.69 bits per heavy atom. The van der Waals surface area contributed by atoms with Gasteiger partial charge in [0.1, 0.15) is 17.3 Å². The molecule has 7 heteroatoms. The molecule has 3 aliphatic carbocycles. The highest BCUT2D eigenvalue weighted by atomic mass is 16.3. The van der Waals surface area contributed by atoms with Gasteiger partial charge in [0.15, 0.2) is 23.1 Å². The van der Waals surface area contributed by atoms with Gasteiger partial charge >= 0.3 is 0 Å². The first-order valence-corrected chi connectivity index (χ1v) is 9.44. The number of hydrogen-bond acceptors (Lipinski definition) is 7. The third-order valence-corrected chi connectivity index (χ3v) is 6.25. The van der Waals surface area contributed by atoms with Crippen molar-refractivity contribution in [3.8, 4) is 5.75 Å². The largest absolute Gasteiger partial charge is 0.511 e. The lowest BCUT2D eigenvalue weighted by Crippen LogP contribution is -2.42. The molecule has 0 radical (unpaired) electrons. The first kappa shape index (κ1) is 19.1. The second kappa shape index (κ2) is 6.40. The van der Waals surface area contributed by atoms with E-state index in [9.17, 15) is 34.5 Å². The number of Topliss-reactive ketones (excluding diaryl/α,β-unsaturated/α-hetero) is 4. The van der Waals surface area contributed by atoms with Crippen LogP contribution in [0.1, 0.15) is 53.0 Å². The average molecular weight is 396 g/mol. The van der Waals surface area contributed by atoms with Gasteiger partial charge in [-0.1, -0.05) is 0 Å². The van der Waals surface area contributed by atoms with Gasteiger partial charge in [0.25, 0.3) is 0 Å². The summed E-state index contributed by atoms with van der Waals surface area (Å²) in [6.07, 6.45) is 0.647. The number of allylic oxidation sites excluding steroid dienone is 4. The molecule has 7 nitrogen and oxygen atoms in total. The summed E-state index contributed by atoms with van der Waals surface area (Å²) in [7, 11) is 0. The summed E-state index contributed by atoms with van der Waals surface area (Å²) in [5, 5.41) is 31.3. The fourth-order valence-corrected chi connectivity index (χ4v) is 5.08. The van der Waals surface area contributed by atoms with Crippen molar-refractivity contribution in [2.24, 2.45) is 17.8 Å². The van der Waals surface area contributed by atoms with Crippen molar-refractivity contribution >= 4 is 23.1 Å². The van der Waals surface area contributed by atoms with E-state index in [0.29, 0.717) is 17.5 Å². The van der Waals surface area contributed by atoms with Crippen LogP contribution in [0.3, 0.4) is 0 Å². The van der Waals surface area contributed by atoms with Crippen molar-refractivity contribution in [1.29, 1.82) is 0 Å². The van der Waals surface area contributed by atoms with Crippen molar-refractivity contribution in [2.45, 2.75) is 33.1 Å². The van der Waals surface area contributed by atoms with Crippen LogP contribution in [0.25, 0.3) is 0 Å². The SMILES string of the molecule is CC(=O)C1=C(O)CC2CC3Cc4c(C(C)=O)ccc(O)c4C(=O)C3=C(O)C2C1=O. The number of aromatic hydroxyl groups is 1. The van der Waals surface area contributed by atoms with Crippen molar-refractivity contribution in [3.63, 3.8) is 0 Å². The molecular weight excluding hydrogens is 376 g/mol. The normalized spacial score (nSPS) is 26.1. The molecule has 150 valence electrons. The first-order valence-electron chi connectivity index (χ1n) is 9.44. The van der Waals surface area contributed by atoms with E-state index in [4.69, 9.17) is 0 Å². The number of aliphatic hydroxyl groups is 2. The van der Waals surface area contributed by atoms with Crippen LogP contribution >= 0.6 is 0 Å². The van der Waals surface area contributed by atoms with E-state index >= 15 is 0 Å². The summed E-state index contributed by atoms with van der Waals surface area (Å²) in [5.74, 6) is -5.06. The van der Waals surface area contributed by atoms with Crippen LogP contribution in [0, 0.1) is 17.8 Å². The lowest BCUT2D eigenvalue weighted by molar-refractivity contribution is -0.125. The molecule has 0 saturated carbocycles. The lowest BCUT2D eigenvalue weighted by atomic mass is 9.62. The van der Waals surface area contributed by atoms with E-state index in [-0.39, 0.29) is 46.8 Å². The average Bonchev–Trinajstić information content (AvgIpc) is 2.60. The Bertz CT molecular complexity index is 1070. The molecule has 0 fully saturated rings. The summed E-state index contributed by atoms with van der Waals surface area (Å²) < 4.78 is 0. The maximum Gasteiger partial charge on any atom is 0.196 e. The molecule has 0 aliphatic heterocycles. The van der Waals surface area contributed by atoms with Crippen LogP contribution in [-0.4, -0.2) is 38.5 Å². The minimum absolute atomic E-state index is 0.0256. The Morgan fingerprint density at radius 1 is 1.00 bits per heavy atom. The molecular formula is C22H20O7. The van der Waals surface area contributed by atoms with Gasteiger partial charge < -0.3 is 15.3 Å². The zero-order chi connectivity index (χ0) is 21.2. The number of aliphatic hydroxyl groups excluding tert-OH is 2. The van der Waals surface area contributed by atoms with Crippen LogP contribution in [-0.2, 0) is 16.0 Å². The number of carbonyl (C=O) groups is 4. The minimum atomic E-state index is -1.07. The Labute approximate surface area is 166 Å². The highest BCUT2D eigenvalue weighted by Gasteiger charge is 2.50. The Kier molecular flexibility index (Phi) is 4.22. The molecule has 1 aromatic rings. The van der Waals surface area contributed by atoms with Crippen LogP contribution in [0.15, 0.2) is 34.8 Å². The van der Waals surface area contributed by atoms with Crippen LogP contribution in [0.5, 0.6) is 5.75 Å². The number of hydrogen-bond donors (Lipinski definition) is 3. The maximum absolute atomic E-state index is 13.2. The minimum Gasteiger partial charge on any atom is -0.511 e. The van der Waals surface area contributed by atoms with Gasteiger partial charge in [0, 0.05) is 17.6 Å². The number of rotatable bonds is 2. The predicted octanol–water partition coefficient (Wildman–Crippen LogP) is 2.77. The Balaban J connectivity index is 1.88. The van der Waals surface area contributed by atoms with Gasteiger partial charge in [0.2, 0.25) is 0 Å². The fourth-order valence-electron chi connectivity index (χ4n) is 5.08. The van der Waals surface area contributed by atoms with Gasteiger partial charge in [-0.05, 0) is 56.2 Å². The highest BCUT2D eigenvalue weighted by Crippen LogP contribution is 2.49. The van der Waals surface area contributed by atoms with Gasteiger partial charge in [-0.25, -0.2) is 0 Å². The lowest BCUT2D eigenvalue weighted by Gasteiger charge is -2.41. The number of carbonyl (C=O) groups excluding carboxylic acids is 4. The molecule has 0 amide bonds. The molecule has 0 aromatic heterocycles. The van der Waals surface area contributed by atoms with Crippen molar-refractivity contribution < 1.29 is 34.5 Å². The Hall–Kier alpha value is -3.22. The molecule has 3 atom stereocenters. The van der Waals surface area contributed by atoms with E-state index < -0.39 is 40.9 Å². The third kappa shape index (κ3) is 2.64. The van der Waals surface area contributed by atoms with Gasteiger partial charge in [-0.2, -0.15) is 0 Å². The zero-order valence-electron chi connectivity index (χ0n) is 16.0. The number of phenols is 1. The topological polar surface area (TPSA) is 129 Å². The standard InChI is InChI=1S/C22H20O7/c1-8(23)12-3-4-14(25)19-13(12)6-10-5-11-7-15(26)16(9(2)24)20(27)18(11)21(28)17(10)22(19)29/h3-4,10-11,18,25-26,28H,5-7H2,1-2H3. The summed E-state index contributed by atoms with van der Waals surface area (Å²) in [5.41, 5.74) is 0.471.